The predicted octanol–water partition coefficient (Wildman–Crippen LogP) is 3.99. The van der Waals surface area contributed by atoms with Crippen LogP contribution in [0.2, 0.25) is 12.1 Å². The second-order valence-electron chi connectivity index (χ2n) is 4.59. The van der Waals surface area contributed by atoms with Crippen LogP contribution in [0.1, 0.15) is 6.42 Å². The summed E-state index contributed by atoms with van der Waals surface area (Å²) in [5.74, 6) is 1.86. The summed E-state index contributed by atoms with van der Waals surface area (Å²) in [6.07, 6.45) is 1.21. The number of benzene rings is 2. The Balaban J connectivity index is 1.75. The molecule has 0 N–H and O–H groups in total. The first-order valence-electron chi connectivity index (χ1n) is 6.34. The first-order chi connectivity index (χ1) is 8.86. The van der Waals surface area contributed by atoms with Gasteiger partial charge in [-0.15, -0.1) is 0 Å². The van der Waals surface area contributed by atoms with E-state index in [1.165, 1.54) is 6.42 Å². The Labute approximate surface area is 108 Å². The molecule has 2 aromatic carbocycles. The maximum atomic E-state index is 6.16. The standard InChI is InChI=1S/C15H16O2Si/c1-3-8-14(9-4-1)16-18(12-7-13-18)17-15-10-5-2-6-11-15/h1-6,8-11H,7,12-13H2. The van der Waals surface area contributed by atoms with Crippen molar-refractivity contribution in [1.29, 1.82) is 0 Å². The summed E-state index contributed by atoms with van der Waals surface area (Å²) in [5.41, 5.74) is 0. The van der Waals surface area contributed by atoms with E-state index in [0.717, 1.165) is 23.6 Å². The largest absolute Gasteiger partial charge is 0.512 e. The fourth-order valence-corrected chi connectivity index (χ4v) is 4.61. The zero-order chi connectivity index (χ0) is 12.3. The van der Waals surface area contributed by atoms with Gasteiger partial charge in [0.25, 0.3) is 0 Å². The quantitative estimate of drug-likeness (QED) is 0.770. The second kappa shape index (κ2) is 4.86. The van der Waals surface area contributed by atoms with E-state index in [4.69, 9.17) is 8.85 Å². The van der Waals surface area contributed by atoms with Crippen LogP contribution in [0.5, 0.6) is 11.5 Å². The summed E-state index contributed by atoms with van der Waals surface area (Å²) in [5, 5.41) is 0. The Bertz CT molecular complexity index is 451. The second-order valence-corrected chi connectivity index (χ2v) is 7.82. The lowest BCUT2D eigenvalue weighted by atomic mass is 10.3. The zero-order valence-electron chi connectivity index (χ0n) is 10.2. The third kappa shape index (κ3) is 2.41. The van der Waals surface area contributed by atoms with Crippen LogP contribution in [0, 0.1) is 0 Å². The molecule has 3 heteroatoms. The number of hydrogen-bond acceptors (Lipinski definition) is 2. The Kier molecular flexibility index (Phi) is 3.07. The van der Waals surface area contributed by atoms with Gasteiger partial charge in [-0.1, -0.05) is 36.4 Å². The van der Waals surface area contributed by atoms with Crippen LogP contribution in [0.25, 0.3) is 0 Å². The van der Waals surface area contributed by atoms with Gasteiger partial charge < -0.3 is 8.85 Å². The van der Waals surface area contributed by atoms with Gasteiger partial charge in [0.15, 0.2) is 0 Å². The number of rotatable bonds is 4. The fraction of sp³-hybridized carbons (Fsp3) is 0.200. The monoisotopic (exact) mass is 256 g/mol. The number of hydrogen-bond donors (Lipinski definition) is 0. The van der Waals surface area contributed by atoms with Crippen LogP contribution in [-0.4, -0.2) is 8.56 Å². The van der Waals surface area contributed by atoms with E-state index in [0.29, 0.717) is 0 Å². The van der Waals surface area contributed by atoms with Crippen molar-refractivity contribution < 1.29 is 8.85 Å². The molecule has 92 valence electrons. The molecule has 0 atom stereocenters. The lowest BCUT2D eigenvalue weighted by Gasteiger charge is -2.37. The zero-order valence-corrected chi connectivity index (χ0v) is 11.2. The van der Waals surface area contributed by atoms with Crippen LogP contribution in [-0.2, 0) is 0 Å². The molecule has 0 bridgehead atoms. The van der Waals surface area contributed by atoms with Crippen molar-refractivity contribution >= 4 is 8.56 Å². The molecular formula is C15H16O2Si. The molecule has 0 saturated carbocycles. The molecule has 2 nitrogen and oxygen atoms in total. The minimum absolute atomic E-state index is 0.930. The third-order valence-corrected chi connectivity index (χ3v) is 6.66. The highest BCUT2D eigenvalue weighted by molar-refractivity contribution is 6.71. The fourth-order valence-electron chi connectivity index (χ4n) is 2.10. The van der Waals surface area contributed by atoms with E-state index in [1.807, 2.05) is 60.7 Å². The van der Waals surface area contributed by atoms with Crippen LogP contribution in [0.3, 0.4) is 0 Å². The van der Waals surface area contributed by atoms with Crippen molar-refractivity contribution in [2.24, 2.45) is 0 Å². The number of para-hydroxylation sites is 2. The van der Waals surface area contributed by atoms with Gasteiger partial charge in [-0.05, 0) is 30.7 Å². The molecule has 3 rings (SSSR count). The third-order valence-electron chi connectivity index (χ3n) is 3.21. The summed E-state index contributed by atoms with van der Waals surface area (Å²) < 4.78 is 12.3. The van der Waals surface area contributed by atoms with E-state index in [-0.39, 0.29) is 0 Å². The van der Waals surface area contributed by atoms with Gasteiger partial charge in [0.2, 0.25) is 0 Å². The highest BCUT2D eigenvalue weighted by atomic mass is 28.4. The van der Waals surface area contributed by atoms with Gasteiger partial charge in [0, 0.05) is 12.1 Å². The minimum Gasteiger partial charge on any atom is -0.512 e. The van der Waals surface area contributed by atoms with E-state index < -0.39 is 8.56 Å². The Morgan fingerprint density at radius 1 is 0.667 bits per heavy atom. The van der Waals surface area contributed by atoms with Crippen molar-refractivity contribution in [1.82, 2.24) is 0 Å². The Morgan fingerprint density at radius 3 is 1.44 bits per heavy atom. The average Bonchev–Trinajstić information content (AvgIpc) is 2.39. The van der Waals surface area contributed by atoms with Crippen LogP contribution in [0.15, 0.2) is 60.7 Å². The topological polar surface area (TPSA) is 18.5 Å². The van der Waals surface area contributed by atoms with E-state index in [1.54, 1.807) is 0 Å². The van der Waals surface area contributed by atoms with Crippen LogP contribution in [0.4, 0.5) is 0 Å². The van der Waals surface area contributed by atoms with Crippen molar-refractivity contribution in [2.45, 2.75) is 18.5 Å². The van der Waals surface area contributed by atoms with Gasteiger partial charge in [-0.3, -0.25) is 0 Å². The maximum absolute atomic E-state index is 6.16. The molecule has 2 aromatic rings. The van der Waals surface area contributed by atoms with Crippen molar-refractivity contribution in [3.8, 4) is 11.5 Å². The van der Waals surface area contributed by atoms with Gasteiger partial charge in [0.05, 0.1) is 0 Å². The van der Waals surface area contributed by atoms with Crippen molar-refractivity contribution in [2.75, 3.05) is 0 Å². The van der Waals surface area contributed by atoms with E-state index in [2.05, 4.69) is 0 Å². The molecule has 1 heterocycles. The van der Waals surface area contributed by atoms with Gasteiger partial charge in [-0.25, -0.2) is 0 Å². The molecule has 0 unspecified atom stereocenters. The molecule has 0 amide bonds. The highest BCUT2D eigenvalue weighted by Crippen LogP contribution is 2.36. The molecule has 0 aliphatic carbocycles. The molecule has 1 aliphatic heterocycles. The molecular weight excluding hydrogens is 240 g/mol. The molecule has 1 fully saturated rings. The molecule has 0 aromatic heterocycles. The smallest absolute Gasteiger partial charge is 0.460 e. The van der Waals surface area contributed by atoms with Crippen molar-refractivity contribution in [3.05, 3.63) is 60.7 Å². The predicted molar refractivity (Wildman–Crippen MR) is 74.1 cm³/mol. The van der Waals surface area contributed by atoms with Crippen molar-refractivity contribution in [3.63, 3.8) is 0 Å². The summed E-state index contributed by atoms with van der Waals surface area (Å²) in [7, 11) is -2.02. The summed E-state index contributed by atoms with van der Waals surface area (Å²) in [6, 6.07) is 22.2. The molecule has 1 saturated heterocycles. The molecule has 0 spiro atoms. The first kappa shape index (κ1) is 11.4. The lowest BCUT2D eigenvalue weighted by Crippen LogP contribution is -2.54. The normalized spacial score (nSPS) is 16.7. The van der Waals surface area contributed by atoms with Crippen LogP contribution >= 0.6 is 0 Å². The van der Waals surface area contributed by atoms with Gasteiger partial charge in [0.1, 0.15) is 11.5 Å². The molecule has 1 aliphatic rings. The van der Waals surface area contributed by atoms with Crippen LogP contribution < -0.4 is 8.85 Å². The summed E-state index contributed by atoms with van der Waals surface area (Å²) in [6.45, 7) is 0. The molecule has 18 heavy (non-hydrogen) atoms. The van der Waals surface area contributed by atoms with Gasteiger partial charge in [-0.2, -0.15) is 0 Å². The Hall–Kier alpha value is -1.74. The SMILES string of the molecule is c1ccc(O[Si]2(Oc3ccccc3)CCC2)cc1. The summed E-state index contributed by atoms with van der Waals surface area (Å²) in [4.78, 5) is 0. The van der Waals surface area contributed by atoms with E-state index >= 15 is 0 Å². The summed E-state index contributed by atoms with van der Waals surface area (Å²) >= 11 is 0. The van der Waals surface area contributed by atoms with E-state index in [9.17, 15) is 0 Å². The Morgan fingerprint density at radius 2 is 1.11 bits per heavy atom. The highest BCUT2D eigenvalue weighted by Gasteiger charge is 2.48. The minimum atomic E-state index is -2.02. The van der Waals surface area contributed by atoms with Gasteiger partial charge >= 0.3 is 8.56 Å². The maximum Gasteiger partial charge on any atom is 0.460 e. The first-order valence-corrected chi connectivity index (χ1v) is 8.58. The lowest BCUT2D eigenvalue weighted by molar-refractivity contribution is 0.351. The molecule has 0 radical (unpaired) electrons. The average molecular weight is 256 g/mol.